The van der Waals surface area contributed by atoms with Gasteiger partial charge in [-0.05, 0) is 74.9 Å². The molecule has 0 saturated heterocycles. The normalized spacial score (nSPS) is 10.7. The topological polar surface area (TPSA) is 65.7 Å². The standard InChI is InChI=1S/C22H12BrIO5/c23-16-6-2-4-8-18(16)29-20-12-27-19-11-13(9-10-15(19)21(20)25)28-22(26)14-5-1-3-7-17(14)24/h1-12H. The Hall–Kier alpha value is -2.65. The van der Waals surface area contributed by atoms with Crippen LogP contribution in [0, 0.1) is 3.57 Å². The van der Waals surface area contributed by atoms with Crippen molar-refractivity contribution in [1.82, 2.24) is 0 Å². The lowest BCUT2D eigenvalue weighted by Gasteiger charge is -2.08. The van der Waals surface area contributed by atoms with Crippen molar-refractivity contribution < 1.29 is 18.7 Å². The molecular weight excluding hydrogens is 551 g/mol. The molecule has 1 heterocycles. The van der Waals surface area contributed by atoms with Crippen molar-refractivity contribution in [1.29, 1.82) is 0 Å². The maximum atomic E-state index is 12.7. The molecule has 0 aliphatic carbocycles. The number of carbonyl (C=O) groups excluding carboxylic acids is 1. The van der Waals surface area contributed by atoms with Crippen LogP contribution in [0.2, 0.25) is 0 Å². The third kappa shape index (κ3) is 4.20. The van der Waals surface area contributed by atoms with Gasteiger partial charge in [0.05, 0.1) is 15.4 Å². The molecule has 0 atom stereocenters. The summed E-state index contributed by atoms with van der Waals surface area (Å²) in [7, 11) is 0. The van der Waals surface area contributed by atoms with Crippen molar-refractivity contribution in [3.05, 3.63) is 96.8 Å². The van der Waals surface area contributed by atoms with Gasteiger partial charge in [-0.25, -0.2) is 4.79 Å². The van der Waals surface area contributed by atoms with E-state index in [0.29, 0.717) is 22.3 Å². The number of fused-ring (bicyclic) bond motifs is 1. The zero-order valence-electron chi connectivity index (χ0n) is 14.7. The number of esters is 1. The minimum atomic E-state index is -0.481. The van der Waals surface area contributed by atoms with E-state index in [4.69, 9.17) is 13.9 Å². The van der Waals surface area contributed by atoms with Gasteiger partial charge >= 0.3 is 5.97 Å². The largest absolute Gasteiger partial charge is 0.460 e. The van der Waals surface area contributed by atoms with Crippen molar-refractivity contribution in [3.63, 3.8) is 0 Å². The molecule has 1 aromatic heterocycles. The van der Waals surface area contributed by atoms with Crippen molar-refractivity contribution >= 4 is 55.5 Å². The number of rotatable bonds is 4. The molecule has 0 bridgehead atoms. The molecule has 0 unspecified atom stereocenters. The van der Waals surface area contributed by atoms with E-state index >= 15 is 0 Å². The summed E-state index contributed by atoms with van der Waals surface area (Å²) in [5.74, 6) is 0.366. The molecule has 0 fully saturated rings. The zero-order chi connectivity index (χ0) is 20.4. The third-order valence-electron chi connectivity index (χ3n) is 4.08. The minimum Gasteiger partial charge on any atom is -0.460 e. The quantitative estimate of drug-likeness (QED) is 0.169. The number of halogens is 2. The number of ether oxygens (including phenoxy) is 2. The second kappa shape index (κ2) is 8.38. The molecular formula is C22H12BrIO5. The highest BCUT2D eigenvalue weighted by atomic mass is 127. The molecule has 0 spiro atoms. The van der Waals surface area contributed by atoms with Gasteiger partial charge in [0.2, 0.25) is 11.2 Å². The first-order valence-electron chi connectivity index (χ1n) is 8.47. The van der Waals surface area contributed by atoms with E-state index in [1.165, 1.54) is 12.3 Å². The lowest BCUT2D eigenvalue weighted by molar-refractivity contribution is 0.0734. The van der Waals surface area contributed by atoms with Gasteiger partial charge in [0, 0.05) is 9.64 Å². The van der Waals surface area contributed by atoms with Crippen LogP contribution in [-0.2, 0) is 0 Å². The SMILES string of the molecule is O=C(Oc1ccc2c(=O)c(Oc3ccccc3Br)coc2c1)c1ccccc1I. The summed E-state index contributed by atoms with van der Waals surface area (Å²) in [5, 5.41) is 0.323. The van der Waals surface area contributed by atoms with E-state index in [0.717, 1.165) is 8.04 Å². The number of hydrogen-bond donors (Lipinski definition) is 0. The average molecular weight is 563 g/mol. The Morgan fingerprint density at radius 3 is 2.52 bits per heavy atom. The Morgan fingerprint density at radius 1 is 0.966 bits per heavy atom. The van der Waals surface area contributed by atoms with Crippen LogP contribution >= 0.6 is 38.5 Å². The fraction of sp³-hybridized carbons (Fsp3) is 0. The summed E-state index contributed by atoms with van der Waals surface area (Å²) in [4.78, 5) is 25.1. The van der Waals surface area contributed by atoms with Gasteiger partial charge in [0.1, 0.15) is 23.3 Å². The first-order valence-corrected chi connectivity index (χ1v) is 10.3. The van der Waals surface area contributed by atoms with E-state index in [1.54, 1.807) is 36.4 Å². The second-order valence-corrected chi connectivity index (χ2v) is 8.01. The van der Waals surface area contributed by atoms with Crippen LogP contribution < -0.4 is 14.9 Å². The highest BCUT2D eigenvalue weighted by Gasteiger charge is 2.15. The second-order valence-electron chi connectivity index (χ2n) is 5.99. The van der Waals surface area contributed by atoms with E-state index in [-0.39, 0.29) is 16.9 Å². The molecule has 0 amide bonds. The number of hydrogen-bond acceptors (Lipinski definition) is 5. The summed E-state index contributed by atoms with van der Waals surface area (Å²) in [6, 6.07) is 18.9. The summed E-state index contributed by atoms with van der Waals surface area (Å²) in [6.45, 7) is 0. The Morgan fingerprint density at radius 2 is 1.72 bits per heavy atom. The Labute approximate surface area is 187 Å². The average Bonchev–Trinajstić information content (AvgIpc) is 2.72. The minimum absolute atomic E-state index is 0.0629. The van der Waals surface area contributed by atoms with Gasteiger partial charge in [-0.2, -0.15) is 0 Å². The van der Waals surface area contributed by atoms with Gasteiger partial charge in [-0.3, -0.25) is 4.79 Å². The first-order chi connectivity index (χ1) is 14.0. The van der Waals surface area contributed by atoms with Gasteiger partial charge in [0.25, 0.3) is 0 Å². The van der Waals surface area contributed by atoms with Crippen molar-refractivity contribution in [3.8, 4) is 17.2 Å². The molecule has 0 aliphatic heterocycles. The number of benzene rings is 3. The number of carbonyl (C=O) groups is 1. The van der Waals surface area contributed by atoms with Crippen LogP contribution in [0.3, 0.4) is 0 Å². The van der Waals surface area contributed by atoms with Crippen LogP contribution in [0.4, 0.5) is 0 Å². The molecule has 29 heavy (non-hydrogen) atoms. The Kier molecular flexibility index (Phi) is 5.68. The van der Waals surface area contributed by atoms with Crippen LogP contribution in [0.25, 0.3) is 11.0 Å². The fourth-order valence-corrected chi connectivity index (χ4v) is 3.63. The van der Waals surface area contributed by atoms with Crippen LogP contribution in [0.5, 0.6) is 17.2 Å². The summed E-state index contributed by atoms with van der Waals surface area (Å²) in [6.07, 6.45) is 1.25. The maximum absolute atomic E-state index is 12.7. The number of para-hydroxylation sites is 1. The molecule has 0 saturated carbocycles. The fourth-order valence-electron chi connectivity index (χ4n) is 2.66. The van der Waals surface area contributed by atoms with Gasteiger partial charge in [-0.1, -0.05) is 24.3 Å². The lowest BCUT2D eigenvalue weighted by Crippen LogP contribution is -2.10. The monoisotopic (exact) mass is 562 g/mol. The molecule has 7 heteroatoms. The molecule has 4 aromatic rings. The zero-order valence-corrected chi connectivity index (χ0v) is 18.5. The van der Waals surface area contributed by atoms with E-state index in [9.17, 15) is 9.59 Å². The summed E-state index contributed by atoms with van der Waals surface area (Å²) >= 11 is 5.45. The van der Waals surface area contributed by atoms with Crippen molar-refractivity contribution in [2.45, 2.75) is 0 Å². The van der Waals surface area contributed by atoms with Crippen molar-refractivity contribution in [2.75, 3.05) is 0 Å². The summed E-state index contributed by atoms with van der Waals surface area (Å²) in [5.41, 5.74) is 0.437. The third-order valence-corrected chi connectivity index (χ3v) is 5.67. The lowest BCUT2D eigenvalue weighted by atomic mass is 10.2. The van der Waals surface area contributed by atoms with Gasteiger partial charge in [0.15, 0.2) is 0 Å². The van der Waals surface area contributed by atoms with Crippen LogP contribution in [0.15, 0.2) is 86.7 Å². The van der Waals surface area contributed by atoms with Gasteiger partial charge < -0.3 is 13.9 Å². The Bertz CT molecular complexity index is 1280. The highest BCUT2D eigenvalue weighted by Crippen LogP contribution is 2.29. The predicted molar refractivity (Wildman–Crippen MR) is 121 cm³/mol. The van der Waals surface area contributed by atoms with E-state index in [1.807, 2.05) is 24.3 Å². The molecule has 5 nitrogen and oxygen atoms in total. The van der Waals surface area contributed by atoms with Crippen LogP contribution in [-0.4, -0.2) is 5.97 Å². The summed E-state index contributed by atoms with van der Waals surface area (Å²) < 4.78 is 18.2. The molecule has 0 radical (unpaired) electrons. The Balaban J connectivity index is 1.62. The van der Waals surface area contributed by atoms with Gasteiger partial charge in [-0.15, -0.1) is 0 Å². The van der Waals surface area contributed by atoms with Crippen LogP contribution in [0.1, 0.15) is 10.4 Å². The first kappa shape index (κ1) is 19.7. The molecule has 0 aliphatic rings. The molecule has 3 aromatic carbocycles. The molecule has 144 valence electrons. The smallest absolute Gasteiger partial charge is 0.344 e. The van der Waals surface area contributed by atoms with Crippen molar-refractivity contribution in [2.24, 2.45) is 0 Å². The van der Waals surface area contributed by atoms with E-state index in [2.05, 4.69) is 38.5 Å². The predicted octanol–water partition coefficient (Wildman–Crippen LogP) is 6.17. The highest BCUT2D eigenvalue weighted by molar-refractivity contribution is 14.1. The maximum Gasteiger partial charge on any atom is 0.344 e. The van der Waals surface area contributed by atoms with E-state index < -0.39 is 5.97 Å². The molecule has 0 N–H and O–H groups in total. The molecule has 4 rings (SSSR count).